The summed E-state index contributed by atoms with van der Waals surface area (Å²) in [5.41, 5.74) is 1.56. The smallest absolute Gasteiger partial charge is 0.372 e. The first-order valence-corrected chi connectivity index (χ1v) is 10.1. The lowest BCUT2D eigenvalue weighted by atomic mass is 10.1. The summed E-state index contributed by atoms with van der Waals surface area (Å²) in [6.07, 6.45) is 0.667. The highest BCUT2D eigenvalue weighted by Gasteiger charge is 2.36. The maximum absolute atomic E-state index is 13.1. The van der Waals surface area contributed by atoms with Crippen molar-refractivity contribution in [1.29, 1.82) is 0 Å². The molecule has 0 spiro atoms. The van der Waals surface area contributed by atoms with Crippen LogP contribution < -0.4 is 10.2 Å². The molecule has 2 aromatic rings. The molecule has 0 amide bonds. The van der Waals surface area contributed by atoms with Gasteiger partial charge in [0, 0.05) is 64.8 Å². The van der Waals surface area contributed by atoms with Gasteiger partial charge in [-0.1, -0.05) is 12.1 Å². The van der Waals surface area contributed by atoms with E-state index in [1.165, 1.54) is 42.9 Å². The molecule has 3 rings (SSSR count). The van der Waals surface area contributed by atoms with Gasteiger partial charge in [0.1, 0.15) is 0 Å². The molecule has 6 nitrogen and oxygen atoms in total. The van der Waals surface area contributed by atoms with Crippen LogP contribution in [0.1, 0.15) is 36.1 Å². The van der Waals surface area contributed by atoms with Crippen molar-refractivity contribution in [3.8, 4) is 0 Å². The van der Waals surface area contributed by atoms with Crippen molar-refractivity contribution >= 4 is 35.6 Å². The number of halogens is 4. The molecule has 1 aromatic carbocycles. The number of aliphatic imine (C=N–C) groups is 1. The van der Waals surface area contributed by atoms with Crippen LogP contribution in [0.5, 0.6) is 0 Å². The van der Waals surface area contributed by atoms with E-state index in [0.717, 1.165) is 18.7 Å². The molecule has 0 saturated carbocycles. The molecule has 0 radical (unpaired) electrons. The second kappa shape index (κ2) is 11.1. The van der Waals surface area contributed by atoms with E-state index in [1.54, 1.807) is 7.05 Å². The molecular formula is C21H30F3IN6. The third-order valence-corrected chi connectivity index (χ3v) is 5.26. The van der Waals surface area contributed by atoms with Crippen LogP contribution in [-0.4, -0.2) is 47.8 Å². The molecule has 0 unspecified atom stereocenters. The Morgan fingerprint density at radius 3 is 2.39 bits per heavy atom. The zero-order valence-corrected chi connectivity index (χ0v) is 20.4. The summed E-state index contributed by atoms with van der Waals surface area (Å²) in [4.78, 5) is 8.50. The predicted molar refractivity (Wildman–Crippen MR) is 128 cm³/mol. The number of hydrogen-bond donors (Lipinski definition) is 1. The minimum absolute atomic E-state index is 0. The summed E-state index contributed by atoms with van der Waals surface area (Å²) in [7, 11) is 4.96. The SMILES string of the molecule is CN=C(NCc1cn(C)nc1C(F)(F)F)N(C)Cc1ccc(N2CCCCC2)cc1.I. The molecule has 172 valence electrons. The normalized spacial score (nSPS) is 14.9. The van der Waals surface area contributed by atoms with Gasteiger partial charge in [-0.15, -0.1) is 24.0 Å². The van der Waals surface area contributed by atoms with E-state index < -0.39 is 11.9 Å². The lowest BCUT2D eigenvalue weighted by Gasteiger charge is -2.29. The fraction of sp³-hybridized carbons (Fsp3) is 0.524. The zero-order valence-electron chi connectivity index (χ0n) is 18.1. The molecule has 2 heterocycles. The molecule has 0 atom stereocenters. The fourth-order valence-corrected chi connectivity index (χ4v) is 3.78. The quantitative estimate of drug-likeness (QED) is 0.344. The first kappa shape index (κ1) is 25.3. The minimum Gasteiger partial charge on any atom is -0.372 e. The van der Waals surface area contributed by atoms with E-state index in [0.29, 0.717) is 12.5 Å². The van der Waals surface area contributed by atoms with Crippen molar-refractivity contribution in [3.05, 3.63) is 47.3 Å². The number of rotatable bonds is 5. The van der Waals surface area contributed by atoms with Gasteiger partial charge in [-0.25, -0.2) is 0 Å². The molecule has 1 aliphatic heterocycles. The highest BCUT2D eigenvalue weighted by atomic mass is 127. The number of aromatic nitrogens is 2. The lowest BCUT2D eigenvalue weighted by molar-refractivity contribution is -0.142. The molecule has 1 saturated heterocycles. The number of alkyl halides is 3. The van der Waals surface area contributed by atoms with E-state index in [9.17, 15) is 13.2 Å². The number of nitrogens with one attached hydrogen (secondary N) is 1. The van der Waals surface area contributed by atoms with Gasteiger partial charge in [0.25, 0.3) is 0 Å². The molecule has 0 aliphatic carbocycles. The number of nitrogens with zero attached hydrogens (tertiary/aromatic N) is 5. The van der Waals surface area contributed by atoms with Gasteiger partial charge in [-0.3, -0.25) is 9.67 Å². The summed E-state index contributed by atoms with van der Waals surface area (Å²) in [6, 6.07) is 8.46. The number of hydrogen-bond acceptors (Lipinski definition) is 3. The fourth-order valence-electron chi connectivity index (χ4n) is 3.78. The molecule has 31 heavy (non-hydrogen) atoms. The third-order valence-electron chi connectivity index (χ3n) is 5.26. The van der Waals surface area contributed by atoms with Crippen molar-refractivity contribution in [2.75, 3.05) is 32.1 Å². The summed E-state index contributed by atoms with van der Waals surface area (Å²) in [5, 5.41) is 6.55. The van der Waals surface area contributed by atoms with Gasteiger partial charge in [-0.2, -0.15) is 18.3 Å². The maximum Gasteiger partial charge on any atom is 0.435 e. The molecule has 1 fully saturated rings. The van der Waals surface area contributed by atoms with E-state index >= 15 is 0 Å². The van der Waals surface area contributed by atoms with Crippen LogP contribution in [0.4, 0.5) is 18.9 Å². The molecule has 0 bridgehead atoms. The van der Waals surface area contributed by atoms with Gasteiger partial charge in [-0.05, 0) is 37.0 Å². The van der Waals surface area contributed by atoms with Gasteiger partial charge in [0.15, 0.2) is 11.7 Å². The van der Waals surface area contributed by atoms with Crippen molar-refractivity contribution in [2.45, 2.75) is 38.5 Å². The molecule has 1 aliphatic rings. The van der Waals surface area contributed by atoms with E-state index in [1.807, 2.05) is 11.9 Å². The van der Waals surface area contributed by atoms with Crippen LogP contribution >= 0.6 is 24.0 Å². The molecular weight excluding hydrogens is 520 g/mol. The minimum atomic E-state index is -4.48. The number of benzene rings is 1. The monoisotopic (exact) mass is 550 g/mol. The van der Waals surface area contributed by atoms with Crippen LogP contribution in [0, 0.1) is 0 Å². The predicted octanol–water partition coefficient (Wildman–Crippen LogP) is 4.25. The molecule has 10 heteroatoms. The number of guanidine groups is 1. The topological polar surface area (TPSA) is 48.7 Å². The van der Waals surface area contributed by atoms with Crippen molar-refractivity contribution in [1.82, 2.24) is 20.0 Å². The Morgan fingerprint density at radius 1 is 1.16 bits per heavy atom. The highest BCUT2D eigenvalue weighted by Crippen LogP contribution is 2.30. The summed E-state index contributed by atoms with van der Waals surface area (Å²) in [6.45, 7) is 2.79. The van der Waals surface area contributed by atoms with E-state index in [-0.39, 0.29) is 36.1 Å². The van der Waals surface area contributed by atoms with Gasteiger partial charge >= 0.3 is 6.18 Å². The van der Waals surface area contributed by atoms with Crippen LogP contribution in [0.3, 0.4) is 0 Å². The summed E-state index contributed by atoms with van der Waals surface area (Å²) in [5.74, 6) is 0.520. The van der Waals surface area contributed by atoms with Crippen molar-refractivity contribution in [2.24, 2.45) is 12.0 Å². The Morgan fingerprint density at radius 2 is 1.81 bits per heavy atom. The Bertz CT molecular complexity index is 857. The molecule has 1 N–H and O–H groups in total. The van der Waals surface area contributed by atoms with Crippen LogP contribution in [0.25, 0.3) is 0 Å². The number of anilines is 1. The maximum atomic E-state index is 13.1. The Labute approximate surface area is 198 Å². The Balaban J connectivity index is 0.00000341. The average Bonchev–Trinajstić information content (AvgIpc) is 3.11. The average molecular weight is 550 g/mol. The number of aryl methyl sites for hydroxylation is 1. The summed E-state index contributed by atoms with van der Waals surface area (Å²) >= 11 is 0. The van der Waals surface area contributed by atoms with Crippen molar-refractivity contribution < 1.29 is 13.2 Å². The zero-order chi connectivity index (χ0) is 21.7. The first-order chi connectivity index (χ1) is 14.3. The largest absolute Gasteiger partial charge is 0.435 e. The second-order valence-corrected chi connectivity index (χ2v) is 7.65. The van der Waals surface area contributed by atoms with Gasteiger partial charge < -0.3 is 15.1 Å². The van der Waals surface area contributed by atoms with Crippen LogP contribution in [0.2, 0.25) is 0 Å². The number of piperidine rings is 1. The highest BCUT2D eigenvalue weighted by molar-refractivity contribution is 14.0. The standard InChI is InChI=1S/C21H29F3N6.HI/c1-25-20(26-13-17-15-29(3)27-19(17)21(22,23)24)28(2)14-16-7-9-18(10-8-16)30-11-5-4-6-12-30;/h7-10,15H,4-6,11-14H2,1-3H3,(H,25,26);1H. The van der Waals surface area contributed by atoms with Crippen molar-refractivity contribution in [3.63, 3.8) is 0 Å². The Hall–Kier alpha value is -1.98. The van der Waals surface area contributed by atoms with Crippen LogP contribution in [0.15, 0.2) is 35.5 Å². The van der Waals surface area contributed by atoms with Gasteiger partial charge in [0.2, 0.25) is 0 Å². The molecule has 1 aromatic heterocycles. The van der Waals surface area contributed by atoms with E-state index in [2.05, 4.69) is 44.6 Å². The third kappa shape index (κ3) is 6.75. The lowest BCUT2D eigenvalue weighted by Crippen LogP contribution is -2.38. The summed E-state index contributed by atoms with van der Waals surface area (Å²) < 4.78 is 40.6. The second-order valence-electron chi connectivity index (χ2n) is 7.65. The van der Waals surface area contributed by atoms with Crippen LogP contribution in [-0.2, 0) is 26.3 Å². The van der Waals surface area contributed by atoms with E-state index in [4.69, 9.17) is 0 Å². The van der Waals surface area contributed by atoms with Gasteiger partial charge in [0.05, 0.1) is 0 Å². The first-order valence-electron chi connectivity index (χ1n) is 10.1. The Kier molecular flexibility index (Phi) is 9.01.